The number of anilines is 1. The molecule has 0 bridgehead atoms. The Kier molecular flexibility index (Phi) is 2.28. The van der Waals surface area contributed by atoms with Crippen LogP contribution < -0.4 is 10.6 Å². The number of nitrogens with zero attached hydrogens (tertiary/aromatic N) is 3. The second-order valence-electron chi connectivity index (χ2n) is 5.17. The molecule has 1 amide bonds. The minimum absolute atomic E-state index is 0.229. The van der Waals surface area contributed by atoms with E-state index in [1.54, 1.807) is 6.07 Å². The van der Waals surface area contributed by atoms with Gasteiger partial charge in [0.15, 0.2) is 11.5 Å². The number of piperidine rings is 1. The molecule has 2 N–H and O–H groups in total. The van der Waals surface area contributed by atoms with E-state index >= 15 is 0 Å². The molecule has 0 radical (unpaired) electrons. The zero-order valence-corrected chi connectivity index (χ0v) is 9.72. The van der Waals surface area contributed by atoms with Crippen LogP contribution in [0.25, 0.3) is 0 Å². The van der Waals surface area contributed by atoms with Crippen LogP contribution in [0.15, 0.2) is 12.1 Å². The largest absolute Gasteiger partial charge is 0.364 e. The maximum atomic E-state index is 10.9. The Labute approximate surface area is 100 Å². The summed E-state index contributed by atoms with van der Waals surface area (Å²) >= 11 is 0. The lowest BCUT2D eigenvalue weighted by Gasteiger charge is -2.33. The summed E-state index contributed by atoms with van der Waals surface area (Å²) in [4.78, 5) is 13.2. The molecule has 0 atom stereocenters. The van der Waals surface area contributed by atoms with Gasteiger partial charge in [0.05, 0.1) is 0 Å². The summed E-state index contributed by atoms with van der Waals surface area (Å²) in [6.07, 6.45) is 5.25. The molecule has 2 fully saturated rings. The van der Waals surface area contributed by atoms with E-state index in [4.69, 9.17) is 5.73 Å². The topological polar surface area (TPSA) is 72.1 Å². The van der Waals surface area contributed by atoms with Gasteiger partial charge in [-0.1, -0.05) is 0 Å². The Morgan fingerprint density at radius 3 is 2.71 bits per heavy atom. The average Bonchev–Trinajstić information content (AvgIpc) is 3.08. The van der Waals surface area contributed by atoms with Gasteiger partial charge in [0.2, 0.25) is 0 Å². The summed E-state index contributed by atoms with van der Waals surface area (Å²) in [6, 6.07) is 3.49. The van der Waals surface area contributed by atoms with Gasteiger partial charge in [-0.2, -0.15) is 0 Å². The van der Waals surface area contributed by atoms with Crippen molar-refractivity contribution in [2.75, 3.05) is 18.0 Å². The van der Waals surface area contributed by atoms with E-state index in [0.29, 0.717) is 5.41 Å². The van der Waals surface area contributed by atoms with Gasteiger partial charge in [0.1, 0.15) is 0 Å². The number of amides is 1. The molecule has 90 valence electrons. The minimum Gasteiger partial charge on any atom is -0.364 e. The Bertz CT molecular complexity index is 438. The third kappa shape index (κ3) is 1.97. The van der Waals surface area contributed by atoms with E-state index in [9.17, 15) is 4.79 Å². The van der Waals surface area contributed by atoms with Crippen LogP contribution in [0.2, 0.25) is 0 Å². The van der Waals surface area contributed by atoms with Crippen LogP contribution in [0.4, 0.5) is 5.82 Å². The van der Waals surface area contributed by atoms with Gasteiger partial charge in [0, 0.05) is 13.1 Å². The molecule has 2 aliphatic rings. The number of hydrogen-bond acceptors (Lipinski definition) is 4. The van der Waals surface area contributed by atoms with E-state index < -0.39 is 5.91 Å². The van der Waals surface area contributed by atoms with Crippen molar-refractivity contribution < 1.29 is 4.79 Å². The first-order chi connectivity index (χ1) is 8.19. The van der Waals surface area contributed by atoms with Crippen LogP contribution in [-0.2, 0) is 0 Å². The number of primary amides is 1. The molecule has 1 spiro atoms. The fourth-order valence-corrected chi connectivity index (χ4v) is 2.61. The van der Waals surface area contributed by atoms with Crippen molar-refractivity contribution in [3.05, 3.63) is 17.8 Å². The molecule has 3 rings (SSSR count). The standard InChI is InChI=1S/C12H16N4O/c13-11(17)9-2-3-10(15-14-9)16-7-1-4-12(8-16)5-6-12/h2-3H,1,4-8H2,(H2,13,17). The highest BCUT2D eigenvalue weighted by molar-refractivity contribution is 5.90. The highest BCUT2D eigenvalue weighted by Gasteiger charge is 2.45. The van der Waals surface area contributed by atoms with Crippen LogP contribution in [0.1, 0.15) is 36.2 Å². The molecule has 1 aromatic heterocycles. The summed E-state index contributed by atoms with van der Waals surface area (Å²) in [7, 11) is 0. The molecular formula is C12H16N4O. The van der Waals surface area contributed by atoms with Crippen molar-refractivity contribution in [1.82, 2.24) is 10.2 Å². The van der Waals surface area contributed by atoms with Gasteiger partial charge in [-0.3, -0.25) is 4.79 Å². The van der Waals surface area contributed by atoms with Crippen LogP contribution in [-0.4, -0.2) is 29.2 Å². The number of rotatable bonds is 2. The van der Waals surface area contributed by atoms with E-state index in [0.717, 1.165) is 18.9 Å². The number of nitrogens with two attached hydrogens (primary N) is 1. The van der Waals surface area contributed by atoms with Gasteiger partial charge < -0.3 is 10.6 Å². The highest BCUT2D eigenvalue weighted by atomic mass is 16.1. The quantitative estimate of drug-likeness (QED) is 0.824. The van der Waals surface area contributed by atoms with Crippen LogP contribution in [0.3, 0.4) is 0 Å². The summed E-state index contributed by atoms with van der Waals surface area (Å²) < 4.78 is 0. The SMILES string of the molecule is NC(=O)c1ccc(N2CCCC3(CC3)C2)nn1. The lowest BCUT2D eigenvalue weighted by Crippen LogP contribution is -2.37. The average molecular weight is 232 g/mol. The van der Waals surface area contributed by atoms with Crippen molar-refractivity contribution in [1.29, 1.82) is 0 Å². The van der Waals surface area contributed by atoms with Crippen molar-refractivity contribution in [3.8, 4) is 0 Å². The van der Waals surface area contributed by atoms with Gasteiger partial charge >= 0.3 is 0 Å². The van der Waals surface area contributed by atoms with Gasteiger partial charge in [-0.05, 0) is 43.2 Å². The second-order valence-corrected chi connectivity index (χ2v) is 5.17. The molecule has 5 nitrogen and oxygen atoms in total. The Morgan fingerprint density at radius 1 is 1.29 bits per heavy atom. The zero-order valence-electron chi connectivity index (χ0n) is 9.72. The summed E-state index contributed by atoms with van der Waals surface area (Å²) in [5.74, 6) is 0.335. The molecule has 0 unspecified atom stereocenters. The lowest BCUT2D eigenvalue weighted by atomic mass is 9.95. The molecular weight excluding hydrogens is 216 g/mol. The number of aromatic nitrogens is 2. The fourth-order valence-electron chi connectivity index (χ4n) is 2.61. The molecule has 0 aromatic carbocycles. The Balaban J connectivity index is 1.77. The van der Waals surface area contributed by atoms with Crippen LogP contribution in [0, 0.1) is 5.41 Å². The smallest absolute Gasteiger partial charge is 0.269 e. The van der Waals surface area contributed by atoms with E-state index in [-0.39, 0.29) is 5.69 Å². The summed E-state index contributed by atoms with van der Waals surface area (Å²) in [5, 5.41) is 7.95. The van der Waals surface area contributed by atoms with Crippen molar-refractivity contribution in [2.24, 2.45) is 11.1 Å². The molecule has 1 saturated heterocycles. The third-order valence-electron chi connectivity index (χ3n) is 3.85. The molecule has 2 heterocycles. The molecule has 1 aliphatic heterocycles. The van der Waals surface area contributed by atoms with E-state index in [2.05, 4.69) is 15.1 Å². The van der Waals surface area contributed by atoms with E-state index in [1.807, 2.05) is 6.07 Å². The first kappa shape index (κ1) is 10.5. The van der Waals surface area contributed by atoms with Crippen LogP contribution >= 0.6 is 0 Å². The van der Waals surface area contributed by atoms with Crippen molar-refractivity contribution in [2.45, 2.75) is 25.7 Å². The second kappa shape index (κ2) is 3.68. The zero-order chi connectivity index (χ0) is 11.9. The highest BCUT2D eigenvalue weighted by Crippen LogP contribution is 2.52. The number of carbonyl (C=O) groups excluding carboxylic acids is 1. The predicted molar refractivity (Wildman–Crippen MR) is 63.7 cm³/mol. The first-order valence-corrected chi connectivity index (χ1v) is 6.07. The summed E-state index contributed by atoms with van der Waals surface area (Å²) in [5.41, 5.74) is 5.93. The van der Waals surface area contributed by atoms with E-state index in [1.165, 1.54) is 25.7 Å². The Morgan fingerprint density at radius 2 is 2.12 bits per heavy atom. The molecule has 1 saturated carbocycles. The number of hydrogen-bond donors (Lipinski definition) is 1. The van der Waals surface area contributed by atoms with Crippen molar-refractivity contribution in [3.63, 3.8) is 0 Å². The van der Waals surface area contributed by atoms with Crippen molar-refractivity contribution >= 4 is 11.7 Å². The molecule has 17 heavy (non-hydrogen) atoms. The maximum absolute atomic E-state index is 10.9. The minimum atomic E-state index is -0.527. The normalized spacial score (nSPS) is 21.5. The third-order valence-corrected chi connectivity index (χ3v) is 3.85. The number of carbonyl (C=O) groups is 1. The van der Waals surface area contributed by atoms with Crippen LogP contribution in [0.5, 0.6) is 0 Å². The maximum Gasteiger partial charge on any atom is 0.269 e. The predicted octanol–water partition coefficient (Wildman–Crippen LogP) is 0.956. The monoisotopic (exact) mass is 232 g/mol. The lowest BCUT2D eigenvalue weighted by molar-refractivity contribution is 0.0994. The molecule has 1 aromatic rings. The summed E-state index contributed by atoms with van der Waals surface area (Å²) in [6.45, 7) is 2.12. The first-order valence-electron chi connectivity index (χ1n) is 6.07. The molecule has 5 heteroatoms. The van der Waals surface area contributed by atoms with Gasteiger partial charge in [-0.15, -0.1) is 10.2 Å². The Hall–Kier alpha value is -1.65. The molecule has 1 aliphatic carbocycles. The fraction of sp³-hybridized carbons (Fsp3) is 0.583. The van der Waals surface area contributed by atoms with Gasteiger partial charge in [-0.25, -0.2) is 0 Å². The van der Waals surface area contributed by atoms with Gasteiger partial charge in [0.25, 0.3) is 5.91 Å².